The van der Waals surface area contributed by atoms with E-state index in [0.717, 1.165) is 6.54 Å². The van der Waals surface area contributed by atoms with E-state index in [4.69, 9.17) is 0 Å². The molecule has 0 atom stereocenters. The molecule has 0 N–H and O–H groups in total. The van der Waals surface area contributed by atoms with Gasteiger partial charge >= 0.3 is 0 Å². The number of anilines is 2. The largest absolute Gasteiger partial charge is 0.342 e. The molecule has 1 nitrogen and oxygen atoms in total. The summed E-state index contributed by atoms with van der Waals surface area (Å²) in [7, 11) is 0. The maximum Gasteiger partial charge on any atom is 0.0411 e. The van der Waals surface area contributed by atoms with E-state index in [2.05, 4.69) is 124 Å². The normalized spacial score (nSPS) is 11.6. The van der Waals surface area contributed by atoms with Crippen LogP contribution in [0.4, 0.5) is 11.4 Å². The van der Waals surface area contributed by atoms with Gasteiger partial charge in [-0.25, -0.2) is 0 Å². The summed E-state index contributed by atoms with van der Waals surface area (Å²) in [5, 5.41) is 2.58. The lowest BCUT2D eigenvalue weighted by Crippen LogP contribution is -2.16. The van der Waals surface area contributed by atoms with E-state index in [0.29, 0.717) is 0 Å². The van der Waals surface area contributed by atoms with E-state index in [1.165, 1.54) is 38.8 Å². The summed E-state index contributed by atoms with van der Waals surface area (Å²) < 4.78 is 0. The van der Waals surface area contributed by atoms with Crippen LogP contribution in [0.25, 0.3) is 21.9 Å². The Hall–Kier alpha value is -3.06. The Morgan fingerprint density at radius 1 is 0.655 bits per heavy atom. The fourth-order valence-electron chi connectivity index (χ4n) is 3.95. The Balaban J connectivity index is 1.65. The predicted octanol–water partition coefficient (Wildman–Crippen LogP) is 7.96. The van der Waals surface area contributed by atoms with Gasteiger partial charge in [0.05, 0.1) is 0 Å². The zero-order valence-electron chi connectivity index (χ0n) is 17.8. The number of hydrogen-bond acceptors (Lipinski definition) is 1. The van der Waals surface area contributed by atoms with E-state index < -0.39 is 0 Å². The number of fused-ring (bicyclic) bond motifs is 1. The molecule has 0 bridgehead atoms. The smallest absolute Gasteiger partial charge is 0.0411 e. The number of rotatable bonds is 4. The summed E-state index contributed by atoms with van der Waals surface area (Å²) in [5.74, 6) is 0. The first-order chi connectivity index (χ1) is 14.0. The van der Waals surface area contributed by atoms with Crippen molar-refractivity contribution in [3.05, 3.63) is 96.6 Å². The van der Waals surface area contributed by atoms with Crippen molar-refractivity contribution in [3.63, 3.8) is 0 Å². The highest BCUT2D eigenvalue weighted by molar-refractivity contribution is 5.96. The molecule has 0 radical (unpaired) electrons. The molecule has 0 fully saturated rings. The standard InChI is InChI=1S/C28H29N/c1-5-29(25-19-15-23(16-20-25)28(2,3)4)24-17-13-22(14-18-24)27-12-8-10-21-9-6-7-11-26(21)27/h6-20H,5H2,1-4H3. The van der Waals surface area contributed by atoms with Crippen LogP contribution in [0.2, 0.25) is 0 Å². The summed E-state index contributed by atoms with van der Waals surface area (Å²) >= 11 is 0. The molecular weight excluding hydrogens is 350 g/mol. The van der Waals surface area contributed by atoms with Crippen LogP contribution in [0.1, 0.15) is 33.3 Å². The molecule has 0 saturated carbocycles. The highest BCUT2D eigenvalue weighted by atomic mass is 15.1. The molecule has 29 heavy (non-hydrogen) atoms. The van der Waals surface area contributed by atoms with Gasteiger partial charge in [0.2, 0.25) is 0 Å². The molecule has 146 valence electrons. The van der Waals surface area contributed by atoms with Gasteiger partial charge in [0, 0.05) is 17.9 Å². The first-order valence-corrected chi connectivity index (χ1v) is 10.4. The van der Waals surface area contributed by atoms with Crippen molar-refractivity contribution < 1.29 is 0 Å². The lowest BCUT2D eigenvalue weighted by atomic mass is 9.87. The third-order valence-electron chi connectivity index (χ3n) is 5.64. The summed E-state index contributed by atoms with van der Waals surface area (Å²) in [4.78, 5) is 2.36. The summed E-state index contributed by atoms with van der Waals surface area (Å²) in [6.45, 7) is 9.90. The van der Waals surface area contributed by atoms with E-state index in [9.17, 15) is 0 Å². The quantitative estimate of drug-likeness (QED) is 0.347. The van der Waals surface area contributed by atoms with E-state index in [-0.39, 0.29) is 5.41 Å². The molecule has 4 aromatic rings. The van der Waals surface area contributed by atoms with Crippen molar-refractivity contribution in [3.8, 4) is 11.1 Å². The van der Waals surface area contributed by atoms with Crippen molar-refractivity contribution in [2.24, 2.45) is 0 Å². The Kier molecular flexibility index (Phi) is 5.15. The van der Waals surface area contributed by atoms with Crippen LogP contribution in [0.15, 0.2) is 91.0 Å². The molecule has 4 aromatic carbocycles. The van der Waals surface area contributed by atoms with Gasteiger partial charge in [-0.1, -0.05) is 87.5 Å². The monoisotopic (exact) mass is 379 g/mol. The SMILES string of the molecule is CCN(c1ccc(-c2cccc3ccccc23)cc1)c1ccc(C(C)(C)C)cc1. The number of hydrogen-bond donors (Lipinski definition) is 0. The van der Waals surface area contributed by atoms with Crippen LogP contribution >= 0.6 is 0 Å². The summed E-state index contributed by atoms with van der Waals surface area (Å²) in [6.07, 6.45) is 0. The number of nitrogens with zero attached hydrogens (tertiary/aromatic N) is 1. The molecule has 1 heteroatoms. The second-order valence-corrected chi connectivity index (χ2v) is 8.61. The minimum Gasteiger partial charge on any atom is -0.342 e. The summed E-state index contributed by atoms with van der Waals surface area (Å²) in [5.41, 5.74) is 6.54. The molecule has 0 aromatic heterocycles. The fourth-order valence-corrected chi connectivity index (χ4v) is 3.95. The van der Waals surface area contributed by atoms with Crippen LogP contribution in [0.5, 0.6) is 0 Å². The molecule has 4 rings (SSSR count). The highest BCUT2D eigenvalue weighted by Gasteiger charge is 2.14. The van der Waals surface area contributed by atoms with E-state index >= 15 is 0 Å². The van der Waals surface area contributed by atoms with Crippen LogP contribution in [-0.2, 0) is 5.41 Å². The van der Waals surface area contributed by atoms with Gasteiger partial charge in [-0.15, -0.1) is 0 Å². The maximum absolute atomic E-state index is 2.36. The molecule has 0 aliphatic rings. The van der Waals surface area contributed by atoms with E-state index in [1.54, 1.807) is 0 Å². The average Bonchev–Trinajstić information content (AvgIpc) is 2.74. The van der Waals surface area contributed by atoms with Crippen molar-refractivity contribution in [1.29, 1.82) is 0 Å². The molecule has 0 saturated heterocycles. The van der Waals surface area contributed by atoms with Gasteiger partial charge in [-0.3, -0.25) is 0 Å². The third-order valence-corrected chi connectivity index (χ3v) is 5.64. The Labute approximate surface area is 174 Å². The Bertz CT molecular complexity index is 1090. The molecule has 0 amide bonds. The lowest BCUT2D eigenvalue weighted by molar-refractivity contribution is 0.590. The van der Waals surface area contributed by atoms with E-state index in [1.807, 2.05) is 0 Å². The molecule has 0 heterocycles. The van der Waals surface area contributed by atoms with Gasteiger partial charge in [0.25, 0.3) is 0 Å². The first kappa shape index (κ1) is 19.3. The summed E-state index contributed by atoms with van der Waals surface area (Å²) in [6, 6.07) is 33.0. The molecule has 0 aliphatic carbocycles. The Morgan fingerprint density at radius 3 is 1.86 bits per heavy atom. The minimum atomic E-state index is 0.176. The first-order valence-electron chi connectivity index (χ1n) is 10.4. The third kappa shape index (κ3) is 3.91. The van der Waals surface area contributed by atoms with Gasteiger partial charge < -0.3 is 4.90 Å². The van der Waals surface area contributed by atoms with Crippen molar-refractivity contribution >= 4 is 22.1 Å². The van der Waals surface area contributed by atoms with Gasteiger partial charge in [-0.05, 0) is 64.1 Å². The lowest BCUT2D eigenvalue weighted by Gasteiger charge is -2.25. The van der Waals surface area contributed by atoms with Gasteiger partial charge in [-0.2, -0.15) is 0 Å². The topological polar surface area (TPSA) is 3.24 Å². The second kappa shape index (κ2) is 7.75. The Morgan fingerprint density at radius 2 is 1.24 bits per heavy atom. The zero-order chi connectivity index (χ0) is 20.4. The minimum absolute atomic E-state index is 0.176. The second-order valence-electron chi connectivity index (χ2n) is 8.61. The predicted molar refractivity (Wildman–Crippen MR) is 127 cm³/mol. The van der Waals surface area contributed by atoms with Crippen molar-refractivity contribution in [2.45, 2.75) is 33.1 Å². The number of benzene rings is 4. The van der Waals surface area contributed by atoms with Crippen LogP contribution in [0, 0.1) is 0 Å². The van der Waals surface area contributed by atoms with Gasteiger partial charge in [0.1, 0.15) is 0 Å². The molecule has 0 aliphatic heterocycles. The van der Waals surface area contributed by atoms with Crippen LogP contribution in [0.3, 0.4) is 0 Å². The van der Waals surface area contributed by atoms with Gasteiger partial charge in [0.15, 0.2) is 0 Å². The van der Waals surface area contributed by atoms with Crippen molar-refractivity contribution in [1.82, 2.24) is 0 Å². The molecule has 0 unspecified atom stereocenters. The zero-order valence-corrected chi connectivity index (χ0v) is 17.8. The van der Waals surface area contributed by atoms with Crippen LogP contribution < -0.4 is 4.90 Å². The van der Waals surface area contributed by atoms with Crippen LogP contribution in [-0.4, -0.2) is 6.54 Å². The average molecular weight is 380 g/mol. The molecular formula is C28H29N. The molecule has 0 spiro atoms. The fraction of sp³-hybridized carbons (Fsp3) is 0.214. The maximum atomic E-state index is 2.36. The van der Waals surface area contributed by atoms with Crippen molar-refractivity contribution in [2.75, 3.05) is 11.4 Å². The highest BCUT2D eigenvalue weighted by Crippen LogP contribution is 2.32.